The van der Waals surface area contributed by atoms with Crippen molar-refractivity contribution in [2.45, 2.75) is 11.8 Å². The Balaban J connectivity index is 2.43. The Hall–Kier alpha value is -2.08. The van der Waals surface area contributed by atoms with Crippen LogP contribution in [0, 0.1) is 12.7 Å². The van der Waals surface area contributed by atoms with E-state index in [-0.39, 0.29) is 10.6 Å². The fraction of sp³-hybridized carbons (Fsp3) is 0.143. The third-order valence-electron chi connectivity index (χ3n) is 2.81. The molecule has 2 aromatic rings. The first kappa shape index (κ1) is 14.3. The number of hydrogen-bond acceptors (Lipinski definition) is 3. The van der Waals surface area contributed by atoms with Gasteiger partial charge in [-0.3, -0.25) is 4.72 Å². The van der Waals surface area contributed by atoms with Gasteiger partial charge in [-0.15, -0.1) is 0 Å². The highest BCUT2D eigenvalue weighted by Gasteiger charge is 2.19. The molecule has 0 aliphatic rings. The van der Waals surface area contributed by atoms with E-state index in [1.165, 1.54) is 18.2 Å². The van der Waals surface area contributed by atoms with E-state index < -0.39 is 15.8 Å². The number of hydrogen-bond donors (Lipinski definition) is 2. The maximum Gasteiger partial charge on any atom is 0.264 e. The maximum absolute atomic E-state index is 13.7. The topological polar surface area (TPSA) is 58.2 Å². The van der Waals surface area contributed by atoms with Crippen molar-refractivity contribution in [2.75, 3.05) is 17.1 Å². The van der Waals surface area contributed by atoms with Gasteiger partial charge in [-0.05, 0) is 36.8 Å². The molecule has 0 radical (unpaired) electrons. The summed E-state index contributed by atoms with van der Waals surface area (Å²) in [6, 6.07) is 10.7. The molecule has 0 atom stereocenters. The first-order valence-electron chi connectivity index (χ1n) is 6.00. The second kappa shape index (κ2) is 5.50. The van der Waals surface area contributed by atoms with Gasteiger partial charge in [0.2, 0.25) is 0 Å². The summed E-state index contributed by atoms with van der Waals surface area (Å²) >= 11 is 0. The van der Waals surface area contributed by atoms with E-state index in [4.69, 9.17) is 0 Å². The van der Waals surface area contributed by atoms with Gasteiger partial charge < -0.3 is 5.32 Å². The Morgan fingerprint density at radius 2 is 1.75 bits per heavy atom. The van der Waals surface area contributed by atoms with Crippen molar-refractivity contribution >= 4 is 21.4 Å². The molecule has 106 valence electrons. The Bertz CT molecular complexity index is 730. The molecule has 2 aromatic carbocycles. The van der Waals surface area contributed by atoms with Gasteiger partial charge in [-0.2, -0.15) is 0 Å². The number of benzene rings is 2. The Kier molecular flexibility index (Phi) is 3.94. The van der Waals surface area contributed by atoms with Crippen molar-refractivity contribution in [2.24, 2.45) is 0 Å². The smallest absolute Gasteiger partial charge is 0.264 e. The lowest BCUT2D eigenvalue weighted by atomic mass is 10.2. The number of aryl methyl sites for hydroxylation is 1. The number of nitrogens with one attached hydrogen (secondary N) is 2. The van der Waals surface area contributed by atoms with E-state index in [2.05, 4.69) is 10.0 Å². The molecule has 20 heavy (non-hydrogen) atoms. The second-order valence-corrected chi connectivity index (χ2v) is 5.99. The third kappa shape index (κ3) is 2.91. The molecule has 0 aliphatic carbocycles. The SMILES string of the molecule is CNc1ccccc1S(=O)(=O)Nc1cc(C)ccc1F. The fourth-order valence-electron chi connectivity index (χ4n) is 1.82. The molecule has 0 aliphatic heterocycles. The Labute approximate surface area is 117 Å². The molecule has 0 heterocycles. The highest BCUT2D eigenvalue weighted by molar-refractivity contribution is 7.92. The molecule has 2 rings (SSSR count). The lowest BCUT2D eigenvalue weighted by molar-refractivity contribution is 0.599. The summed E-state index contributed by atoms with van der Waals surface area (Å²) in [5, 5.41) is 2.80. The predicted molar refractivity (Wildman–Crippen MR) is 77.9 cm³/mol. The minimum Gasteiger partial charge on any atom is -0.387 e. The number of anilines is 2. The average Bonchev–Trinajstić information content (AvgIpc) is 2.42. The lowest BCUT2D eigenvalue weighted by Crippen LogP contribution is -2.15. The number of halogens is 1. The Morgan fingerprint density at radius 3 is 2.45 bits per heavy atom. The zero-order valence-electron chi connectivity index (χ0n) is 11.1. The minimum atomic E-state index is -3.85. The van der Waals surface area contributed by atoms with Gasteiger partial charge >= 0.3 is 0 Å². The Morgan fingerprint density at radius 1 is 1.05 bits per heavy atom. The van der Waals surface area contributed by atoms with Gasteiger partial charge in [0.15, 0.2) is 0 Å². The van der Waals surface area contributed by atoms with Crippen LogP contribution in [0.4, 0.5) is 15.8 Å². The van der Waals surface area contributed by atoms with Crippen LogP contribution >= 0.6 is 0 Å². The fourth-order valence-corrected chi connectivity index (χ4v) is 3.10. The van der Waals surface area contributed by atoms with Gasteiger partial charge in [0.1, 0.15) is 10.7 Å². The van der Waals surface area contributed by atoms with Crippen LogP contribution in [0.3, 0.4) is 0 Å². The van der Waals surface area contributed by atoms with Crippen molar-refractivity contribution in [1.82, 2.24) is 0 Å². The third-order valence-corrected chi connectivity index (χ3v) is 4.24. The molecule has 0 saturated carbocycles. The van der Waals surface area contributed by atoms with E-state index in [1.807, 2.05) is 0 Å². The summed E-state index contributed by atoms with van der Waals surface area (Å²) in [5.74, 6) is -0.610. The minimum absolute atomic E-state index is 0.0593. The van der Waals surface area contributed by atoms with E-state index >= 15 is 0 Å². The normalized spacial score (nSPS) is 11.2. The summed E-state index contributed by atoms with van der Waals surface area (Å²) in [6.07, 6.45) is 0. The monoisotopic (exact) mass is 294 g/mol. The standard InChI is InChI=1S/C14H15FN2O2S/c1-10-7-8-11(15)13(9-10)17-20(18,19)14-6-4-3-5-12(14)16-2/h3-9,16-17H,1-2H3. The zero-order chi connectivity index (χ0) is 14.8. The van der Waals surface area contributed by atoms with E-state index in [0.717, 1.165) is 5.56 Å². The molecule has 0 spiro atoms. The van der Waals surface area contributed by atoms with Gasteiger partial charge in [-0.1, -0.05) is 18.2 Å². The largest absolute Gasteiger partial charge is 0.387 e. The number of sulfonamides is 1. The molecule has 0 bridgehead atoms. The van der Waals surface area contributed by atoms with Crippen LogP contribution in [0.5, 0.6) is 0 Å². The molecule has 0 saturated heterocycles. The molecular formula is C14H15FN2O2S. The molecule has 0 fully saturated rings. The highest BCUT2D eigenvalue weighted by Crippen LogP contribution is 2.24. The van der Waals surface area contributed by atoms with Crippen LogP contribution in [0.1, 0.15) is 5.56 Å². The van der Waals surface area contributed by atoms with Gasteiger partial charge in [-0.25, -0.2) is 12.8 Å². The molecule has 6 heteroatoms. The van der Waals surface area contributed by atoms with Crippen molar-refractivity contribution < 1.29 is 12.8 Å². The molecular weight excluding hydrogens is 279 g/mol. The van der Waals surface area contributed by atoms with Crippen molar-refractivity contribution in [1.29, 1.82) is 0 Å². The summed E-state index contributed by atoms with van der Waals surface area (Å²) < 4.78 is 40.6. The summed E-state index contributed by atoms with van der Waals surface area (Å²) in [7, 11) is -2.22. The van der Waals surface area contributed by atoms with Gasteiger partial charge in [0.05, 0.1) is 11.4 Å². The van der Waals surface area contributed by atoms with Gasteiger partial charge in [0.25, 0.3) is 10.0 Å². The highest BCUT2D eigenvalue weighted by atomic mass is 32.2. The molecule has 0 amide bonds. The van der Waals surface area contributed by atoms with Crippen LogP contribution in [0.2, 0.25) is 0 Å². The summed E-state index contributed by atoms with van der Waals surface area (Å²) in [6.45, 7) is 1.76. The maximum atomic E-state index is 13.7. The van der Waals surface area contributed by atoms with Crippen LogP contribution in [0.25, 0.3) is 0 Å². The van der Waals surface area contributed by atoms with Crippen molar-refractivity contribution in [3.05, 3.63) is 53.8 Å². The molecule has 4 nitrogen and oxygen atoms in total. The quantitative estimate of drug-likeness (QED) is 0.911. The van der Waals surface area contributed by atoms with Crippen LogP contribution in [-0.2, 0) is 10.0 Å². The molecule has 0 aromatic heterocycles. The number of para-hydroxylation sites is 1. The lowest BCUT2D eigenvalue weighted by Gasteiger charge is -2.12. The second-order valence-electron chi connectivity index (χ2n) is 4.33. The average molecular weight is 294 g/mol. The first-order valence-corrected chi connectivity index (χ1v) is 7.48. The molecule has 0 unspecified atom stereocenters. The van der Waals surface area contributed by atoms with Crippen LogP contribution in [-0.4, -0.2) is 15.5 Å². The van der Waals surface area contributed by atoms with Crippen molar-refractivity contribution in [3.8, 4) is 0 Å². The number of rotatable bonds is 4. The zero-order valence-corrected chi connectivity index (χ0v) is 12.0. The van der Waals surface area contributed by atoms with E-state index in [9.17, 15) is 12.8 Å². The van der Waals surface area contributed by atoms with Crippen LogP contribution in [0.15, 0.2) is 47.4 Å². The van der Waals surface area contributed by atoms with Crippen LogP contribution < -0.4 is 10.0 Å². The van der Waals surface area contributed by atoms with Crippen molar-refractivity contribution in [3.63, 3.8) is 0 Å². The van der Waals surface area contributed by atoms with E-state index in [0.29, 0.717) is 5.69 Å². The van der Waals surface area contributed by atoms with Gasteiger partial charge in [0, 0.05) is 7.05 Å². The first-order chi connectivity index (χ1) is 9.44. The summed E-state index contributed by atoms with van der Waals surface area (Å²) in [5.41, 5.74) is 1.16. The van der Waals surface area contributed by atoms with E-state index in [1.54, 1.807) is 38.2 Å². The predicted octanol–water partition coefficient (Wildman–Crippen LogP) is 2.98. The summed E-state index contributed by atoms with van der Waals surface area (Å²) in [4.78, 5) is 0.0726. The molecule has 2 N–H and O–H groups in total.